The molecule has 3 rings (SSSR count). The summed E-state index contributed by atoms with van der Waals surface area (Å²) in [7, 11) is 0. The van der Waals surface area contributed by atoms with Crippen LogP contribution in [0.15, 0.2) is 36.8 Å². The molecule has 1 atom stereocenters. The van der Waals surface area contributed by atoms with E-state index in [1.165, 1.54) is 5.56 Å². The van der Waals surface area contributed by atoms with E-state index in [4.69, 9.17) is 0 Å². The predicted octanol–water partition coefficient (Wildman–Crippen LogP) is 2.06. The SMILES string of the molecule is Cc1ccnc(N2CCN(C(C)c3cccnc3)CC2)n1. The fraction of sp³-hybridized carbons (Fsp3) is 0.438. The van der Waals surface area contributed by atoms with Crippen LogP contribution < -0.4 is 4.90 Å². The van der Waals surface area contributed by atoms with Gasteiger partial charge in [0.15, 0.2) is 0 Å². The van der Waals surface area contributed by atoms with Gasteiger partial charge in [0, 0.05) is 56.5 Å². The quantitative estimate of drug-likeness (QED) is 0.863. The molecular weight excluding hydrogens is 262 g/mol. The van der Waals surface area contributed by atoms with Crippen molar-refractivity contribution in [3.05, 3.63) is 48.0 Å². The molecule has 1 aliphatic rings. The highest BCUT2D eigenvalue weighted by Gasteiger charge is 2.23. The summed E-state index contributed by atoms with van der Waals surface area (Å²) in [5.41, 5.74) is 2.30. The Kier molecular flexibility index (Phi) is 4.10. The highest BCUT2D eigenvalue weighted by atomic mass is 15.3. The van der Waals surface area contributed by atoms with Gasteiger partial charge in [0.25, 0.3) is 0 Å². The highest BCUT2D eigenvalue weighted by Crippen LogP contribution is 2.21. The van der Waals surface area contributed by atoms with Crippen LogP contribution in [-0.4, -0.2) is 46.0 Å². The van der Waals surface area contributed by atoms with E-state index in [9.17, 15) is 0 Å². The second-order valence-electron chi connectivity index (χ2n) is 5.48. The summed E-state index contributed by atoms with van der Waals surface area (Å²) in [5.74, 6) is 0.851. The van der Waals surface area contributed by atoms with Crippen molar-refractivity contribution in [1.82, 2.24) is 19.9 Å². The van der Waals surface area contributed by atoms with Crippen LogP contribution in [0.2, 0.25) is 0 Å². The van der Waals surface area contributed by atoms with E-state index >= 15 is 0 Å². The van der Waals surface area contributed by atoms with Gasteiger partial charge in [-0.2, -0.15) is 0 Å². The Hall–Kier alpha value is -2.01. The van der Waals surface area contributed by atoms with E-state index in [0.29, 0.717) is 6.04 Å². The molecule has 0 spiro atoms. The first kappa shape index (κ1) is 13.9. The molecule has 1 unspecified atom stereocenters. The maximum atomic E-state index is 4.51. The highest BCUT2D eigenvalue weighted by molar-refractivity contribution is 5.31. The molecular formula is C16H21N5. The lowest BCUT2D eigenvalue weighted by Crippen LogP contribution is -2.47. The molecule has 0 saturated carbocycles. The van der Waals surface area contributed by atoms with E-state index in [-0.39, 0.29) is 0 Å². The number of rotatable bonds is 3. The average molecular weight is 283 g/mol. The second kappa shape index (κ2) is 6.18. The number of anilines is 1. The van der Waals surface area contributed by atoms with E-state index in [0.717, 1.165) is 37.8 Å². The van der Waals surface area contributed by atoms with Crippen molar-refractivity contribution < 1.29 is 0 Å². The van der Waals surface area contributed by atoms with E-state index in [1.54, 1.807) is 0 Å². The van der Waals surface area contributed by atoms with E-state index in [2.05, 4.69) is 37.7 Å². The lowest BCUT2D eigenvalue weighted by atomic mass is 10.1. The molecule has 1 fully saturated rings. The van der Waals surface area contributed by atoms with Crippen LogP contribution in [0.1, 0.15) is 24.2 Å². The molecule has 110 valence electrons. The minimum atomic E-state index is 0.402. The van der Waals surface area contributed by atoms with Crippen LogP contribution in [0.5, 0.6) is 0 Å². The van der Waals surface area contributed by atoms with Crippen molar-refractivity contribution in [2.45, 2.75) is 19.9 Å². The summed E-state index contributed by atoms with van der Waals surface area (Å²) in [4.78, 5) is 17.9. The van der Waals surface area contributed by atoms with Crippen molar-refractivity contribution in [2.24, 2.45) is 0 Å². The van der Waals surface area contributed by atoms with Gasteiger partial charge in [-0.15, -0.1) is 0 Å². The van der Waals surface area contributed by atoms with Gasteiger partial charge in [-0.05, 0) is 31.5 Å². The van der Waals surface area contributed by atoms with Gasteiger partial charge in [0.05, 0.1) is 0 Å². The number of hydrogen-bond acceptors (Lipinski definition) is 5. The molecule has 2 aromatic heterocycles. The number of pyridine rings is 1. The zero-order chi connectivity index (χ0) is 14.7. The van der Waals surface area contributed by atoms with Gasteiger partial charge in [-0.1, -0.05) is 6.07 Å². The van der Waals surface area contributed by atoms with Gasteiger partial charge in [-0.3, -0.25) is 9.88 Å². The summed E-state index contributed by atoms with van der Waals surface area (Å²) < 4.78 is 0. The normalized spacial score (nSPS) is 17.7. The third kappa shape index (κ3) is 3.19. The van der Waals surface area contributed by atoms with E-state index < -0.39 is 0 Å². The minimum Gasteiger partial charge on any atom is -0.338 e. The smallest absolute Gasteiger partial charge is 0.225 e. The lowest BCUT2D eigenvalue weighted by molar-refractivity contribution is 0.197. The maximum absolute atomic E-state index is 4.51. The lowest BCUT2D eigenvalue weighted by Gasteiger charge is -2.38. The maximum Gasteiger partial charge on any atom is 0.225 e. The first-order valence-corrected chi connectivity index (χ1v) is 7.42. The number of piperazine rings is 1. The fourth-order valence-corrected chi connectivity index (χ4v) is 2.73. The van der Waals surface area contributed by atoms with Crippen molar-refractivity contribution in [1.29, 1.82) is 0 Å². The van der Waals surface area contributed by atoms with Gasteiger partial charge < -0.3 is 4.90 Å². The van der Waals surface area contributed by atoms with Crippen LogP contribution in [0.3, 0.4) is 0 Å². The Morgan fingerprint density at radius 1 is 1.10 bits per heavy atom. The van der Waals surface area contributed by atoms with Gasteiger partial charge in [0.1, 0.15) is 0 Å². The molecule has 0 aliphatic carbocycles. The molecule has 5 heteroatoms. The first-order chi connectivity index (χ1) is 10.2. The molecule has 5 nitrogen and oxygen atoms in total. The molecule has 21 heavy (non-hydrogen) atoms. The Morgan fingerprint density at radius 2 is 1.90 bits per heavy atom. The molecule has 2 aromatic rings. The molecule has 3 heterocycles. The van der Waals surface area contributed by atoms with Crippen LogP contribution in [0.25, 0.3) is 0 Å². The zero-order valence-electron chi connectivity index (χ0n) is 12.6. The Bertz CT molecular complexity index is 578. The van der Waals surface area contributed by atoms with Crippen molar-refractivity contribution >= 4 is 5.95 Å². The Balaban J connectivity index is 1.63. The van der Waals surface area contributed by atoms with Crippen molar-refractivity contribution in [3.8, 4) is 0 Å². The summed E-state index contributed by atoms with van der Waals surface area (Å²) in [5, 5.41) is 0. The third-order valence-corrected chi connectivity index (χ3v) is 4.09. The van der Waals surface area contributed by atoms with Crippen LogP contribution in [-0.2, 0) is 0 Å². The van der Waals surface area contributed by atoms with Crippen LogP contribution in [0.4, 0.5) is 5.95 Å². The number of aromatic nitrogens is 3. The first-order valence-electron chi connectivity index (χ1n) is 7.42. The topological polar surface area (TPSA) is 45.2 Å². The van der Waals surface area contributed by atoms with Gasteiger partial charge >= 0.3 is 0 Å². The molecule has 1 aliphatic heterocycles. The zero-order valence-corrected chi connectivity index (χ0v) is 12.6. The van der Waals surface area contributed by atoms with Crippen molar-refractivity contribution in [2.75, 3.05) is 31.1 Å². The van der Waals surface area contributed by atoms with Crippen LogP contribution in [0, 0.1) is 6.92 Å². The van der Waals surface area contributed by atoms with Gasteiger partial charge in [0.2, 0.25) is 5.95 Å². The number of aryl methyl sites for hydroxylation is 1. The summed E-state index contributed by atoms with van der Waals surface area (Å²) in [6.45, 7) is 8.23. The fourth-order valence-electron chi connectivity index (χ4n) is 2.73. The number of nitrogens with zero attached hydrogens (tertiary/aromatic N) is 5. The molecule has 0 radical (unpaired) electrons. The monoisotopic (exact) mass is 283 g/mol. The molecule has 0 N–H and O–H groups in total. The average Bonchev–Trinajstić information content (AvgIpc) is 2.55. The van der Waals surface area contributed by atoms with E-state index in [1.807, 2.05) is 37.6 Å². The number of hydrogen-bond donors (Lipinski definition) is 0. The van der Waals surface area contributed by atoms with Crippen LogP contribution >= 0.6 is 0 Å². The summed E-state index contributed by atoms with van der Waals surface area (Å²) in [6, 6.07) is 6.49. The minimum absolute atomic E-state index is 0.402. The van der Waals surface area contributed by atoms with Gasteiger partial charge in [-0.25, -0.2) is 9.97 Å². The van der Waals surface area contributed by atoms with Crippen molar-refractivity contribution in [3.63, 3.8) is 0 Å². The Labute approximate surface area is 125 Å². The molecule has 0 aromatic carbocycles. The third-order valence-electron chi connectivity index (χ3n) is 4.09. The second-order valence-corrected chi connectivity index (χ2v) is 5.48. The Morgan fingerprint density at radius 3 is 2.57 bits per heavy atom. The summed E-state index contributed by atoms with van der Waals surface area (Å²) >= 11 is 0. The molecule has 0 bridgehead atoms. The summed E-state index contributed by atoms with van der Waals surface area (Å²) in [6.07, 6.45) is 5.62. The molecule has 0 amide bonds. The molecule has 1 saturated heterocycles. The standard InChI is InChI=1S/C16H21N5/c1-13-5-7-18-16(19-13)21-10-8-20(9-11-21)14(2)15-4-3-6-17-12-15/h3-7,12,14H,8-11H2,1-2H3. The largest absolute Gasteiger partial charge is 0.338 e. The predicted molar refractivity (Wildman–Crippen MR) is 83.2 cm³/mol.